The standard InChI is InChI=1S/C49H58N8O7.C44H49N7O5.C9H16O5/c1-27(2)39(54-46(60)62-5)44(58)56-26-49(18-19-49)23-38(56)42-50-24-36(52-42)29-10-8-28(9-11-29)30-12-13-32-21-33(15-14-31(32)20-30)37-25-51-43(53-37)40-34-16-17-35(22-34)57(40)45(59)41(48(3,4)64-7)55-47(61)63-6;1-25(47-41(53)55-5)40(52)50-24-44(16-17-44)21-36(50)38-45-22-34(48-38)27-8-6-26(7-9-27)28-10-11-30-19-31(13-12-29(30)18-28)35-23-46-39(49-35)37-32-14-15-33(20-32)51(37)42(54)56-43(2,3)4;1-9(2,14-4)6(8(11)12)5-7(10)13-3/h8-15,20-21,24-25,27,34-35,38-41H,16-19,22-23,26H2,1-7H3,(H,50,52)(H,51,53)(H,54,60)(H,55,61);6-13,18-19,22-23,25,32-33,36-37H,14-17,20-21,24H2,1-5H3,(H,45,48)(H,46,49)(H,47,53);6H,5H2,1-4H3,(H,11,12)/t34-,35+,38-,39-,40-,41+;25-,32-,33+,36-,37-;6-/m001/s1. The number of imidazole rings is 4. The number of aromatic amines is 4. The van der Waals surface area contributed by atoms with E-state index in [2.05, 4.69) is 162 Å². The van der Waals surface area contributed by atoms with E-state index >= 15 is 0 Å². The highest BCUT2D eigenvalue weighted by Gasteiger charge is 2.58. The summed E-state index contributed by atoms with van der Waals surface area (Å²) in [6.07, 6.45) is 17.0. The van der Waals surface area contributed by atoms with Gasteiger partial charge >= 0.3 is 36.3 Å². The molecule has 8 fully saturated rings. The van der Waals surface area contributed by atoms with Crippen LogP contribution in [0.2, 0.25) is 0 Å². The molecule has 6 aromatic carbocycles. The Labute approximate surface area is 779 Å². The fraction of sp³-hybridized carbons (Fsp3) is 0.480. The highest BCUT2D eigenvalue weighted by Crippen LogP contribution is 2.60. The first-order valence-corrected chi connectivity index (χ1v) is 46.3. The van der Waals surface area contributed by atoms with Crippen LogP contribution < -0.4 is 16.0 Å². The molecule has 7 amide bonds. The van der Waals surface area contributed by atoms with Crippen LogP contribution in [-0.4, -0.2) is 221 Å². The van der Waals surface area contributed by atoms with Crippen LogP contribution >= 0.6 is 0 Å². The molecule has 134 heavy (non-hydrogen) atoms. The van der Waals surface area contributed by atoms with Gasteiger partial charge in [0, 0.05) is 50.5 Å². The number of carboxylic acid groups (broad SMARTS) is 1. The van der Waals surface area contributed by atoms with Crippen molar-refractivity contribution in [2.75, 3.05) is 55.7 Å². The third kappa shape index (κ3) is 19.7. The lowest BCUT2D eigenvalue weighted by molar-refractivity contribution is -0.160. The minimum atomic E-state index is -1.07. The summed E-state index contributed by atoms with van der Waals surface area (Å²) in [5, 5.41) is 21.4. The zero-order chi connectivity index (χ0) is 95.4. The molecule has 10 aromatic rings. The molecule has 8 N–H and O–H groups in total. The Morgan fingerprint density at radius 3 is 1.25 bits per heavy atom. The number of hydrogen-bond acceptors (Lipinski definition) is 20. The van der Waals surface area contributed by atoms with E-state index in [0.29, 0.717) is 19.0 Å². The van der Waals surface area contributed by atoms with Crippen LogP contribution in [0.25, 0.3) is 88.8 Å². The third-order valence-electron chi connectivity index (χ3n) is 28.9. The van der Waals surface area contributed by atoms with Crippen molar-refractivity contribution in [1.82, 2.24) is 75.4 Å². The number of carbonyl (C=O) groups excluding carboxylic acids is 8. The summed E-state index contributed by atoms with van der Waals surface area (Å²) in [5.41, 5.74) is 9.85. The van der Waals surface area contributed by atoms with Crippen molar-refractivity contribution in [3.63, 3.8) is 0 Å². The summed E-state index contributed by atoms with van der Waals surface area (Å²) in [6.45, 7) is 19.4. The minimum absolute atomic E-state index is 0.0550. The summed E-state index contributed by atoms with van der Waals surface area (Å²) in [6, 6.07) is 39.8. The van der Waals surface area contributed by atoms with Crippen molar-refractivity contribution in [1.29, 1.82) is 0 Å². The number of amides is 7. The molecular formula is C102H123N15O17. The molecule has 708 valence electrons. The number of likely N-dealkylation sites (tertiary alicyclic amines) is 4. The molecule has 0 unspecified atom stereocenters. The van der Waals surface area contributed by atoms with Crippen LogP contribution in [0.5, 0.6) is 0 Å². The number of ether oxygens (including phenoxy) is 7. The van der Waals surface area contributed by atoms with E-state index in [1.165, 1.54) is 42.7 Å². The smallest absolute Gasteiger partial charge is 0.411 e. The Morgan fingerprint density at radius 1 is 0.448 bits per heavy atom. The van der Waals surface area contributed by atoms with Gasteiger partial charge in [0.2, 0.25) is 17.7 Å². The molecular weight excluding hydrogens is 1710 g/mol. The van der Waals surface area contributed by atoms with E-state index in [9.17, 15) is 43.2 Å². The normalized spacial score (nSPS) is 21.4. The SMILES string of the molecule is COC(=O)C[C@H](C(=O)O)C(C)(C)OC.COC(=O)N[C@@H](C)C(=O)N1CC2(CC2)C[C@H]1c1ncc(-c2ccc(-c3ccc4cc(-c5cnc([C@@H]6[C@H]7CC[C@H](C7)N6C(=O)OC(C)(C)C)[nH]5)ccc4c3)cc2)[nH]1.COC(=O)N[C@H](C(=O)N1CC2(CC2)C[C@H]1c1ncc(-c2ccc(-c3ccc4cc(-c5cnc([C@@H]6[C@H]7CC[C@H](C7)N6C(=O)[C@@H](NC(=O)OC)C(C)(C)OC)[nH]5)ccc4c3)cc2)[nH]1)C(C)C. The molecule has 4 aliphatic heterocycles. The van der Waals surface area contributed by atoms with Gasteiger partial charge in [-0.05, 0) is 240 Å². The summed E-state index contributed by atoms with van der Waals surface area (Å²) in [4.78, 5) is 154. The molecule has 18 rings (SSSR count). The number of methoxy groups -OCH3 is 6. The number of nitrogens with one attached hydrogen (secondary N) is 7. The Balaban J connectivity index is 0.000000172. The number of fused-ring (bicyclic) bond motifs is 6. The molecule has 4 saturated heterocycles. The summed E-state index contributed by atoms with van der Waals surface area (Å²) >= 11 is 0. The number of benzene rings is 6. The maximum atomic E-state index is 14.3. The monoisotopic (exact) mass is 1830 g/mol. The van der Waals surface area contributed by atoms with E-state index in [1.807, 2.05) is 79.0 Å². The van der Waals surface area contributed by atoms with E-state index in [4.69, 9.17) is 53.5 Å². The van der Waals surface area contributed by atoms with Crippen LogP contribution in [-0.2, 0) is 57.1 Å². The van der Waals surface area contributed by atoms with E-state index in [0.717, 1.165) is 189 Å². The number of esters is 1. The van der Waals surface area contributed by atoms with Crippen LogP contribution in [0.3, 0.4) is 0 Å². The summed E-state index contributed by atoms with van der Waals surface area (Å²) < 4.78 is 35.3. The van der Waals surface area contributed by atoms with E-state index in [1.54, 1.807) is 34.6 Å². The second-order valence-electron chi connectivity index (χ2n) is 39.9. The topological polar surface area (TPSA) is 402 Å². The number of carboxylic acids is 1. The van der Waals surface area contributed by atoms with Gasteiger partial charge in [0.1, 0.15) is 47.0 Å². The number of aromatic nitrogens is 8. The second-order valence-corrected chi connectivity index (χ2v) is 39.9. The Morgan fingerprint density at radius 2 is 0.828 bits per heavy atom. The maximum Gasteiger partial charge on any atom is 0.411 e. The fourth-order valence-corrected chi connectivity index (χ4v) is 20.6. The number of hydrogen-bond donors (Lipinski definition) is 8. The Bertz CT molecular complexity index is 6060. The fourth-order valence-electron chi connectivity index (χ4n) is 20.6. The number of alkyl carbamates (subject to hydrolysis) is 3. The second kappa shape index (κ2) is 37.8. The highest BCUT2D eigenvalue weighted by molar-refractivity contribution is 5.94. The molecule has 8 heterocycles. The maximum absolute atomic E-state index is 14.3. The molecule has 32 heteroatoms. The number of nitrogens with zero attached hydrogens (tertiary/aromatic N) is 8. The van der Waals surface area contributed by atoms with Gasteiger partial charge in [-0.3, -0.25) is 28.9 Å². The van der Waals surface area contributed by atoms with Crippen LogP contribution in [0.15, 0.2) is 146 Å². The van der Waals surface area contributed by atoms with Crippen molar-refractivity contribution >= 4 is 75.6 Å². The number of rotatable bonds is 24. The zero-order valence-corrected chi connectivity index (χ0v) is 79.0. The molecule has 4 aliphatic carbocycles. The highest BCUT2D eigenvalue weighted by atomic mass is 16.6. The average Bonchev–Trinajstić information content (AvgIpc) is 1.57. The van der Waals surface area contributed by atoms with Crippen molar-refractivity contribution < 1.29 is 81.4 Å². The first-order chi connectivity index (χ1) is 63.9. The van der Waals surface area contributed by atoms with Gasteiger partial charge < -0.3 is 88.9 Å². The average molecular weight is 1830 g/mol. The van der Waals surface area contributed by atoms with Gasteiger partial charge in [0.25, 0.3) is 0 Å². The van der Waals surface area contributed by atoms with E-state index < -0.39 is 71.1 Å². The molecule has 4 bridgehead atoms. The van der Waals surface area contributed by atoms with Gasteiger partial charge in [-0.15, -0.1) is 0 Å². The van der Waals surface area contributed by atoms with E-state index in [-0.39, 0.29) is 89.2 Å². The van der Waals surface area contributed by atoms with Gasteiger partial charge in [0.05, 0.1) is 124 Å². The molecule has 4 aromatic heterocycles. The Hall–Kier alpha value is -13.0. The van der Waals surface area contributed by atoms with Crippen LogP contribution in [0.4, 0.5) is 19.2 Å². The van der Waals surface area contributed by atoms with Gasteiger partial charge in [0.15, 0.2) is 0 Å². The third-order valence-corrected chi connectivity index (χ3v) is 28.9. The van der Waals surface area contributed by atoms with Gasteiger partial charge in [-0.1, -0.05) is 111 Å². The van der Waals surface area contributed by atoms with Crippen LogP contribution in [0.1, 0.15) is 200 Å². The van der Waals surface area contributed by atoms with Crippen molar-refractivity contribution in [3.8, 4) is 67.3 Å². The van der Waals surface area contributed by atoms with Crippen molar-refractivity contribution in [2.45, 2.75) is 224 Å². The van der Waals surface area contributed by atoms with Crippen LogP contribution in [0, 0.1) is 34.5 Å². The first kappa shape index (κ1) is 94.2. The minimum Gasteiger partial charge on any atom is -0.481 e. The first-order valence-electron chi connectivity index (χ1n) is 46.3. The molecule has 4 saturated carbocycles. The van der Waals surface area contributed by atoms with Gasteiger partial charge in [-0.25, -0.2) is 39.1 Å². The lowest BCUT2D eigenvalue weighted by atomic mass is 9.88. The molecule has 32 nitrogen and oxygen atoms in total. The van der Waals surface area contributed by atoms with Crippen molar-refractivity contribution in [2.24, 2.45) is 34.5 Å². The summed E-state index contributed by atoms with van der Waals surface area (Å²) in [7, 11) is 8.04. The number of H-pyrrole nitrogens is 4. The predicted octanol–water partition coefficient (Wildman–Crippen LogP) is 17.1. The largest absolute Gasteiger partial charge is 0.481 e. The molecule has 0 radical (unpaired) electrons. The zero-order valence-electron chi connectivity index (χ0n) is 79.0. The summed E-state index contributed by atoms with van der Waals surface area (Å²) in [5.74, 6) is 0.640. The lowest BCUT2D eigenvalue weighted by Crippen LogP contribution is -2.60. The van der Waals surface area contributed by atoms with Crippen molar-refractivity contribution in [3.05, 3.63) is 169 Å². The quantitative estimate of drug-likeness (QED) is 0.0206. The van der Waals surface area contributed by atoms with Gasteiger partial charge in [-0.2, -0.15) is 0 Å². The predicted molar refractivity (Wildman–Crippen MR) is 502 cm³/mol. The lowest BCUT2D eigenvalue weighted by Gasteiger charge is -2.40. The molecule has 8 aliphatic rings. The molecule has 12 atom stereocenters. The Kier molecular flexibility index (Phi) is 26.6. The molecule has 2 spiro atoms. The number of carbonyl (C=O) groups is 9. The number of piperidine rings is 2. The number of aliphatic carboxylic acids is 1.